The van der Waals surface area contributed by atoms with Crippen LogP contribution in [0.3, 0.4) is 0 Å². The summed E-state index contributed by atoms with van der Waals surface area (Å²) in [5.41, 5.74) is 6.09. The standard InChI is InChI=1S/C33H32FN3O4/c1-21-5-7-26(27(34)15-21)31-20-40-30-4-2-3-25(33(30)41-31)23-9-12-36(13-10-23)18-32-35-28-8-6-22(19-38)16-29(28)37(32)17-24-11-14-39-24/h2-9,15-16,19,24,31H,10-14,17-18,20H2,1H3. The van der Waals surface area contributed by atoms with Crippen LogP contribution >= 0.6 is 0 Å². The molecule has 4 heterocycles. The summed E-state index contributed by atoms with van der Waals surface area (Å²) in [6.07, 6.45) is 4.67. The first-order valence-electron chi connectivity index (χ1n) is 14.2. The summed E-state index contributed by atoms with van der Waals surface area (Å²) in [7, 11) is 0. The number of aldehydes is 1. The molecule has 3 aromatic carbocycles. The number of fused-ring (bicyclic) bond motifs is 2. The van der Waals surface area contributed by atoms with Crippen LogP contribution in [0.25, 0.3) is 16.6 Å². The molecule has 0 amide bonds. The number of carbonyl (C=O) groups is 1. The fourth-order valence-corrected chi connectivity index (χ4v) is 5.91. The van der Waals surface area contributed by atoms with Gasteiger partial charge in [0.05, 0.1) is 30.2 Å². The number of imidazole rings is 1. The van der Waals surface area contributed by atoms with Gasteiger partial charge in [-0.25, -0.2) is 9.37 Å². The van der Waals surface area contributed by atoms with Gasteiger partial charge in [0, 0.05) is 36.4 Å². The van der Waals surface area contributed by atoms with E-state index in [0.29, 0.717) is 29.2 Å². The third kappa shape index (κ3) is 5.02. The SMILES string of the molecule is Cc1ccc(C2COc3cccc(C4=CCN(Cc5nc6ccc(C=O)cc6n5CC5CCO5)CC4)c3O2)c(F)c1. The Bertz CT molecular complexity index is 1660. The molecule has 0 spiro atoms. The summed E-state index contributed by atoms with van der Waals surface area (Å²) in [4.78, 5) is 18.7. The third-order valence-corrected chi connectivity index (χ3v) is 8.30. The lowest BCUT2D eigenvalue weighted by molar-refractivity contribution is -0.0591. The number of ether oxygens (including phenoxy) is 3. The molecule has 210 valence electrons. The van der Waals surface area contributed by atoms with E-state index in [1.54, 1.807) is 6.07 Å². The van der Waals surface area contributed by atoms with Crippen molar-refractivity contribution in [2.75, 3.05) is 26.3 Å². The fourth-order valence-electron chi connectivity index (χ4n) is 5.91. The number of aromatic nitrogens is 2. The van der Waals surface area contributed by atoms with E-state index in [1.165, 1.54) is 11.6 Å². The van der Waals surface area contributed by atoms with E-state index in [9.17, 15) is 9.18 Å². The minimum atomic E-state index is -0.502. The van der Waals surface area contributed by atoms with Gasteiger partial charge in [-0.15, -0.1) is 0 Å². The molecule has 7 rings (SSSR count). The highest BCUT2D eigenvalue weighted by Gasteiger charge is 2.29. The molecule has 0 aliphatic carbocycles. The molecule has 41 heavy (non-hydrogen) atoms. The highest BCUT2D eigenvalue weighted by atomic mass is 19.1. The molecule has 1 fully saturated rings. The Kier molecular flexibility index (Phi) is 6.80. The number of benzene rings is 3. The maximum absolute atomic E-state index is 14.7. The second-order valence-electron chi connectivity index (χ2n) is 11.1. The van der Waals surface area contributed by atoms with Crippen molar-refractivity contribution in [1.29, 1.82) is 0 Å². The number of nitrogens with zero attached hydrogens (tertiary/aromatic N) is 3. The van der Waals surface area contributed by atoms with Gasteiger partial charge in [0.15, 0.2) is 17.6 Å². The number of aryl methyl sites for hydroxylation is 1. The first kappa shape index (κ1) is 25.9. The zero-order chi connectivity index (χ0) is 27.9. The first-order chi connectivity index (χ1) is 20.1. The van der Waals surface area contributed by atoms with Crippen molar-refractivity contribution in [1.82, 2.24) is 14.5 Å². The maximum Gasteiger partial charge on any atom is 0.169 e. The van der Waals surface area contributed by atoms with Crippen LogP contribution in [0.1, 0.15) is 51.8 Å². The van der Waals surface area contributed by atoms with Gasteiger partial charge in [0.1, 0.15) is 24.5 Å². The van der Waals surface area contributed by atoms with Gasteiger partial charge in [0.25, 0.3) is 0 Å². The van der Waals surface area contributed by atoms with E-state index in [1.807, 2.05) is 43.3 Å². The second-order valence-corrected chi connectivity index (χ2v) is 11.1. The summed E-state index contributed by atoms with van der Waals surface area (Å²) >= 11 is 0. The number of halogens is 1. The molecule has 2 unspecified atom stereocenters. The van der Waals surface area contributed by atoms with Crippen LogP contribution in [0.5, 0.6) is 11.5 Å². The van der Waals surface area contributed by atoms with Crippen LogP contribution in [0, 0.1) is 12.7 Å². The van der Waals surface area contributed by atoms with Crippen molar-refractivity contribution in [3.8, 4) is 11.5 Å². The number of carbonyl (C=O) groups excluding carboxylic acids is 1. The Balaban J connectivity index is 1.11. The Morgan fingerprint density at radius 3 is 2.80 bits per heavy atom. The lowest BCUT2D eigenvalue weighted by atomic mass is 9.97. The Morgan fingerprint density at radius 1 is 1.15 bits per heavy atom. The zero-order valence-electron chi connectivity index (χ0n) is 23.0. The van der Waals surface area contributed by atoms with Crippen molar-refractivity contribution in [2.24, 2.45) is 0 Å². The van der Waals surface area contributed by atoms with Crippen LogP contribution in [0.2, 0.25) is 0 Å². The monoisotopic (exact) mass is 553 g/mol. The first-order valence-corrected chi connectivity index (χ1v) is 14.2. The molecule has 0 saturated carbocycles. The number of rotatable bonds is 7. The van der Waals surface area contributed by atoms with Crippen LogP contribution in [0.15, 0.2) is 60.7 Å². The van der Waals surface area contributed by atoms with Crippen molar-refractivity contribution in [2.45, 2.75) is 45.1 Å². The average Bonchev–Trinajstić information content (AvgIpc) is 3.30. The quantitative estimate of drug-likeness (QED) is 0.266. The smallest absolute Gasteiger partial charge is 0.169 e. The van der Waals surface area contributed by atoms with E-state index >= 15 is 0 Å². The zero-order valence-corrected chi connectivity index (χ0v) is 23.0. The molecule has 1 saturated heterocycles. The predicted molar refractivity (Wildman–Crippen MR) is 154 cm³/mol. The van der Waals surface area contributed by atoms with E-state index in [4.69, 9.17) is 19.2 Å². The van der Waals surface area contributed by atoms with E-state index in [2.05, 4.69) is 21.6 Å². The van der Waals surface area contributed by atoms with Crippen molar-refractivity contribution in [3.63, 3.8) is 0 Å². The Hall–Kier alpha value is -4.01. The molecule has 3 aliphatic rings. The van der Waals surface area contributed by atoms with Gasteiger partial charge in [-0.05, 0) is 61.2 Å². The molecule has 0 radical (unpaired) electrons. The molecule has 8 heteroatoms. The van der Waals surface area contributed by atoms with Gasteiger partial charge >= 0.3 is 0 Å². The normalized spacial score (nSPS) is 20.5. The summed E-state index contributed by atoms with van der Waals surface area (Å²) in [5.74, 6) is 2.07. The van der Waals surface area contributed by atoms with Gasteiger partial charge in [-0.2, -0.15) is 0 Å². The second kappa shape index (κ2) is 10.8. The maximum atomic E-state index is 14.7. The van der Waals surface area contributed by atoms with Crippen LogP contribution in [0.4, 0.5) is 4.39 Å². The third-order valence-electron chi connectivity index (χ3n) is 8.30. The minimum Gasteiger partial charge on any atom is -0.485 e. The van der Waals surface area contributed by atoms with E-state index < -0.39 is 6.10 Å². The summed E-state index contributed by atoms with van der Waals surface area (Å²) in [5, 5.41) is 0. The molecule has 0 N–H and O–H groups in total. The van der Waals surface area contributed by atoms with Gasteiger partial charge in [-0.3, -0.25) is 9.69 Å². The Morgan fingerprint density at radius 2 is 2.05 bits per heavy atom. The number of hydrogen-bond acceptors (Lipinski definition) is 6. The van der Waals surface area contributed by atoms with Crippen molar-refractivity contribution >= 4 is 22.9 Å². The predicted octanol–water partition coefficient (Wildman–Crippen LogP) is 5.89. The molecule has 1 aromatic heterocycles. The van der Waals surface area contributed by atoms with Crippen LogP contribution in [-0.4, -0.2) is 53.1 Å². The topological polar surface area (TPSA) is 65.8 Å². The molecule has 2 atom stereocenters. The summed E-state index contributed by atoms with van der Waals surface area (Å²) < 4.78 is 35.1. The Labute approximate surface area is 238 Å². The largest absolute Gasteiger partial charge is 0.485 e. The molecule has 0 bridgehead atoms. The molecule has 3 aliphatic heterocycles. The molecule has 4 aromatic rings. The number of para-hydroxylation sites is 1. The highest BCUT2D eigenvalue weighted by Crippen LogP contribution is 2.43. The van der Waals surface area contributed by atoms with E-state index in [-0.39, 0.29) is 18.5 Å². The summed E-state index contributed by atoms with van der Waals surface area (Å²) in [6.45, 7) is 5.99. The average molecular weight is 554 g/mol. The highest BCUT2D eigenvalue weighted by molar-refractivity contribution is 5.85. The summed E-state index contributed by atoms with van der Waals surface area (Å²) in [6, 6.07) is 16.8. The van der Waals surface area contributed by atoms with Gasteiger partial charge < -0.3 is 18.8 Å². The fraction of sp³-hybridized carbons (Fsp3) is 0.333. The lowest BCUT2D eigenvalue weighted by Gasteiger charge is -2.31. The minimum absolute atomic E-state index is 0.183. The van der Waals surface area contributed by atoms with Gasteiger partial charge in [0.2, 0.25) is 0 Å². The molecular formula is C33H32FN3O4. The van der Waals surface area contributed by atoms with Crippen molar-refractivity contribution in [3.05, 3.63) is 94.6 Å². The van der Waals surface area contributed by atoms with Gasteiger partial charge in [-0.1, -0.05) is 30.3 Å². The molecule has 7 nitrogen and oxygen atoms in total. The van der Waals surface area contributed by atoms with Crippen LogP contribution in [-0.2, 0) is 17.8 Å². The van der Waals surface area contributed by atoms with Crippen LogP contribution < -0.4 is 9.47 Å². The van der Waals surface area contributed by atoms with Crippen molar-refractivity contribution < 1.29 is 23.4 Å². The van der Waals surface area contributed by atoms with E-state index in [0.717, 1.165) is 73.4 Å². The lowest BCUT2D eigenvalue weighted by Crippen LogP contribution is -2.33. The number of hydrogen-bond donors (Lipinski definition) is 0. The molecular weight excluding hydrogens is 521 g/mol.